The number of ether oxygens (including phenoxy) is 1. The van der Waals surface area contributed by atoms with Crippen molar-refractivity contribution >= 4 is 11.9 Å². The zero-order valence-corrected chi connectivity index (χ0v) is 11.1. The highest BCUT2D eigenvalue weighted by molar-refractivity contribution is 5.85. The number of aliphatic hydroxyl groups is 1. The molecular weight excluding hydrogens is 220 g/mol. The first-order valence-corrected chi connectivity index (χ1v) is 6.43. The Morgan fingerprint density at radius 3 is 2.18 bits per heavy atom. The highest BCUT2D eigenvalue weighted by Gasteiger charge is 2.29. The third-order valence-electron chi connectivity index (χ3n) is 2.70. The molecule has 0 aliphatic heterocycles. The van der Waals surface area contributed by atoms with Crippen molar-refractivity contribution in [2.45, 2.75) is 71.3 Å². The quantitative estimate of drug-likeness (QED) is 0.526. The van der Waals surface area contributed by atoms with E-state index >= 15 is 0 Å². The van der Waals surface area contributed by atoms with Crippen molar-refractivity contribution < 1.29 is 19.4 Å². The first-order chi connectivity index (χ1) is 7.97. The third kappa shape index (κ3) is 7.10. The van der Waals surface area contributed by atoms with Crippen LogP contribution < -0.4 is 0 Å². The second-order valence-corrected chi connectivity index (χ2v) is 4.45. The number of hydrogen-bond donors (Lipinski definition) is 1. The molecule has 0 aromatic heterocycles. The van der Waals surface area contributed by atoms with E-state index in [1.807, 2.05) is 13.8 Å². The smallest absolute Gasteiger partial charge is 0.316 e. The number of unbranched alkanes of at least 4 members (excludes halogenated alkanes) is 1. The Balaban J connectivity index is 4.31. The standard InChI is InChI=1S/C13H24O4/c1-4-7-9-13(16,8-5-2)10-12(15)17-11(14)6-3/h16H,4-10H2,1-3H3. The molecule has 100 valence electrons. The molecular formula is C13H24O4. The van der Waals surface area contributed by atoms with Crippen LogP contribution in [0.3, 0.4) is 0 Å². The van der Waals surface area contributed by atoms with E-state index in [2.05, 4.69) is 4.74 Å². The van der Waals surface area contributed by atoms with Gasteiger partial charge in [-0.15, -0.1) is 0 Å². The maximum absolute atomic E-state index is 11.5. The molecule has 1 N–H and O–H groups in total. The van der Waals surface area contributed by atoms with Crippen LogP contribution >= 0.6 is 0 Å². The van der Waals surface area contributed by atoms with Crippen molar-refractivity contribution in [3.63, 3.8) is 0 Å². The van der Waals surface area contributed by atoms with Gasteiger partial charge in [-0.1, -0.05) is 40.0 Å². The molecule has 4 nitrogen and oxygen atoms in total. The highest BCUT2D eigenvalue weighted by atomic mass is 16.6. The highest BCUT2D eigenvalue weighted by Crippen LogP contribution is 2.24. The van der Waals surface area contributed by atoms with Crippen LogP contribution in [0.1, 0.15) is 65.7 Å². The molecule has 0 spiro atoms. The van der Waals surface area contributed by atoms with Gasteiger partial charge in [0.2, 0.25) is 0 Å². The van der Waals surface area contributed by atoms with Crippen LogP contribution in [0, 0.1) is 0 Å². The van der Waals surface area contributed by atoms with E-state index < -0.39 is 17.5 Å². The molecule has 0 aromatic rings. The molecule has 17 heavy (non-hydrogen) atoms. The van der Waals surface area contributed by atoms with Gasteiger partial charge in [0.15, 0.2) is 0 Å². The van der Waals surface area contributed by atoms with Crippen molar-refractivity contribution in [2.24, 2.45) is 0 Å². The topological polar surface area (TPSA) is 63.6 Å². The third-order valence-corrected chi connectivity index (χ3v) is 2.70. The fourth-order valence-corrected chi connectivity index (χ4v) is 1.78. The van der Waals surface area contributed by atoms with Gasteiger partial charge in [-0.2, -0.15) is 0 Å². The number of rotatable bonds is 8. The summed E-state index contributed by atoms with van der Waals surface area (Å²) in [4.78, 5) is 22.4. The molecule has 0 rings (SSSR count). The van der Waals surface area contributed by atoms with Crippen LogP contribution in [-0.2, 0) is 14.3 Å². The maximum Gasteiger partial charge on any atom is 0.316 e. The predicted molar refractivity (Wildman–Crippen MR) is 65.4 cm³/mol. The van der Waals surface area contributed by atoms with Crippen molar-refractivity contribution in [3.8, 4) is 0 Å². The molecule has 0 radical (unpaired) electrons. The average Bonchev–Trinajstić information content (AvgIpc) is 2.26. The maximum atomic E-state index is 11.5. The number of esters is 2. The van der Waals surface area contributed by atoms with Crippen molar-refractivity contribution in [1.82, 2.24) is 0 Å². The summed E-state index contributed by atoms with van der Waals surface area (Å²) in [6.45, 7) is 5.62. The van der Waals surface area contributed by atoms with Crippen LogP contribution in [0.15, 0.2) is 0 Å². The predicted octanol–water partition coefficient (Wildman–Crippen LogP) is 2.58. The van der Waals surface area contributed by atoms with E-state index in [-0.39, 0.29) is 12.8 Å². The molecule has 1 atom stereocenters. The van der Waals surface area contributed by atoms with Gasteiger partial charge in [0.1, 0.15) is 0 Å². The van der Waals surface area contributed by atoms with Gasteiger partial charge >= 0.3 is 11.9 Å². The Bertz CT molecular complexity index is 250. The molecule has 0 saturated heterocycles. The van der Waals surface area contributed by atoms with Gasteiger partial charge in [-0.05, 0) is 12.8 Å². The second kappa shape index (κ2) is 8.23. The summed E-state index contributed by atoms with van der Waals surface area (Å²) in [6, 6.07) is 0. The van der Waals surface area contributed by atoms with Crippen LogP contribution in [0.5, 0.6) is 0 Å². The van der Waals surface area contributed by atoms with Crippen molar-refractivity contribution in [3.05, 3.63) is 0 Å². The lowest BCUT2D eigenvalue weighted by Crippen LogP contribution is -2.33. The van der Waals surface area contributed by atoms with Crippen molar-refractivity contribution in [2.75, 3.05) is 0 Å². The Morgan fingerprint density at radius 1 is 1.06 bits per heavy atom. The van der Waals surface area contributed by atoms with Gasteiger partial charge in [0.25, 0.3) is 0 Å². The molecule has 0 aliphatic carbocycles. The van der Waals surface area contributed by atoms with Gasteiger partial charge < -0.3 is 9.84 Å². The van der Waals surface area contributed by atoms with E-state index in [4.69, 9.17) is 0 Å². The number of carbonyl (C=O) groups is 2. The second-order valence-electron chi connectivity index (χ2n) is 4.45. The molecule has 0 fully saturated rings. The Hall–Kier alpha value is -0.900. The lowest BCUT2D eigenvalue weighted by molar-refractivity contribution is -0.162. The molecule has 0 heterocycles. The Morgan fingerprint density at radius 2 is 1.71 bits per heavy atom. The monoisotopic (exact) mass is 244 g/mol. The summed E-state index contributed by atoms with van der Waals surface area (Å²) in [5.74, 6) is -1.16. The largest absolute Gasteiger partial charge is 0.393 e. The minimum atomic E-state index is -1.02. The summed E-state index contributed by atoms with van der Waals surface area (Å²) in [5.41, 5.74) is -1.02. The van der Waals surface area contributed by atoms with E-state index in [0.29, 0.717) is 12.8 Å². The Kier molecular flexibility index (Phi) is 7.79. The van der Waals surface area contributed by atoms with Crippen molar-refractivity contribution in [1.29, 1.82) is 0 Å². The van der Waals surface area contributed by atoms with Crippen LogP contribution in [0.4, 0.5) is 0 Å². The molecule has 0 aromatic carbocycles. The zero-order chi connectivity index (χ0) is 13.3. The zero-order valence-electron chi connectivity index (χ0n) is 11.1. The summed E-state index contributed by atoms with van der Waals surface area (Å²) in [7, 11) is 0. The minimum absolute atomic E-state index is 0.0907. The lowest BCUT2D eigenvalue weighted by atomic mass is 9.88. The van der Waals surface area contributed by atoms with Gasteiger partial charge in [0, 0.05) is 6.42 Å². The summed E-state index contributed by atoms with van der Waals surface area (Å²) in [6.07, 6.45) is 3.85. The van der Waals surface area contributed by atoms with E-state index in [1.54, 1.807) is 6.92 Å². The molecule has 0 saturated carbocycles. The van der Waals surface area contributed by atoms with Crippen LogP contribution in [-0.4, -0.2) is 22.6 Å². The summed E-state index contributed by atoms with van der Waals surface area (Å²) >= 11 is 0. The molecule has 0 bridgehead atoms. The Labute approximate surface area is 103 Å². The molecule has 4 heteroatoms. The normalized spacial score (nSPS) is 14.1. The fourth-order valence-electron chi connectivity index (χ4n) is 1.78. The summed E-state index contributed by atoms with van der Waals surface area (Å²) < 4.78 is 4.58. The first-order valence-electron chi connectivity index (χ1n) is 6.43. The minimum Gasteiger partial charge on any atom is -0.393 e. The molecule has 0 amide bonds. The van der Waals surface area contributed by atoms with E-state index in [0.717, 1.165) is 19.3 Å². The number of hydrogen-bond acceptors (Lipinski definition) is 4. The van der Waals surface area contributed by atoms with Gasteiger partial charge in [-0.3, -0.25) is 9.59 Å². The lowest BCUT2D eigenvalue weighted by Gasteiger charge is -2.26. The fraction of sp³-hybridized carbons (Fsp3) is 0.846. The van der Waals surface area contributed by atoms with Crippen LogP contribution in [0.25, 0.3) is 0 Å². The average molecular weight is 244 g/mol. The number of carbonyl (C=O) groups excluding carboxylic acids is 2. The van der Waals surface area contributed by atoms with E-state index in [9.17, 15) is 14.7 Å². The summed E-state index contributed by atoms with van der Waals surface area (Å²) in [5, 5.41) is 10.3. The molecule has 0 aliphatic rings. The SMILES string of the molecule is CCCCC(O)(CCC)CC(=O)OC(=O)CC. The van der Waals surface area contributed by atoms with E-state index in [1.165, 1.54) is 0 Å². The van der Waals surface area contributed by atoms with Gasteiger partial charge in [0.05, 0.1) is 12.0 Å². The van der Waals surface area contributed by atoms with Crippen LogP contribution in [0.2, 0.25) is 0 Å². The first kappa shape index (κ1) is 16.1. The molecule has 1 unspecified atom stereocenters. The van der Waals surface area contributed by atoms with Gasteiger partial charge in [-0.25, -0.2) is 0 Å².